The van der Waals surface area contributed by atoms with Gasteiger partial charge in [0.15, 0.2) is 0 Å². The lowest BCUT2D eigenvalue weighted by Gasteiger charge is -2.37. The molecule has 1 aliphatic heterocycles. The molecule has 164 valence electrons. The van der Waals surface area contributed by atoms with E-state index in [4.69, 9.17) is 5.11 Å². The first-order valence-corrected chi connectivity index (χ1v) is 9.91. The van der Waals surface area contributed by atoms with Crippen LogP contribution in [0, 0.1) is 0 Å². The zero-order chi connectivity index (χ0) is 22.5. The molecule has 1 aromatic heterocycles. The van der Waals surface area contributed by atoms with E-state index in [1.165, 1.54) is 0 Å². The maximum Gasteiger partial charge on any atom is 0.328 e. The van der Waals surface area contributed by atoms with Crippen molar-refractivity contribution in [1.29, 1.82) is 0 Å². The van der Waals surface area contributed by atoms with Crippen LogP contribution in [0.2, 0.25) is 0 Å². The van der Waals surface area contributed by atoms with Gasteiger partial charge in [0, 0.05) is 73.2 Å². The summed E-state index contributed by atoms with van der Waals surface area (Å²) in [5, 5.41) is 21.9. The summed E-state index contributed by atoms with van der Waals surface area (Å²) in [4.78, 5) is 41.8. The van der Waals surface area contributed by atoms with E-state index in [0.717, 1.165) is 42.7 Å². The van der Waals surface area contributed by atoms with Crippen molar-refractivity contribution in [2.45, 2.75) is 13.0 Å². The zero-order valence-electron chi connectivity index (χ0n) is 17.3. The van der Waals surface area contributed by atoms with E-state index in [1.807, 2.05) is 11.8 Å². The zero-order valence-corrected chi connectivity index (χ0v) is 17.3. The number of aliphatic carboxylic acids is 2. The molecule has 0 bridgehead atoms. The minimum atomic E-state index is -1.21. The van der Waals surface area contributed by atoms with Crippen molar-refractivity contribution in [2.24, 2.45) is 0 Å². The fraction of sp³-hybridized carbons (Fsp3) is 0.318. The van der Waals surface area contributed by atoms with Crippen LogP contribution in [0.15, 0.2) is 48.7 Å². The molecule has 0 radical (unpaired) electrons. The molecule has 1 fully saturated rings. The molecule has 1 amide bonds. The van der Waals surface area contributed by atoms with Crippen molar-refractivity contribution >= 4 is 34.4 Å². The number of benzene rings is 1. The molecule has 2 aromatic rings. The molecule has 1 saturated heterocycles. The summed E-state index contributed by atoms with van der Waals surface area (Å²) in [7, 11) is 0. The number of hydrogen-bond acceptors (Lipinski definition) is 5. The molecule has 4 N–H and O–H groups in total. The number of nitrogens with one attached hydrogen (secondary N) is 2. The van der Waals surface area contributed by atoms with Gasteiger partial charge < -0.3 is 20.5 Å². The van der Waals surface area contributed by atoms with Crippen molar-refractivity contribution in [1.82, 2.24) is 14.8 Å². The lowest BCUT2D eigenvalue weighted by Crippen LogP contribution is -2.49. The van der Waals surface area contributed by atoms with Gasteiger partial charge in [0.2, 0.25) is 5.91 Å². The van der Waals surface area contributed by atoms with E-state index in [2.05, 4.69) is 21.8 Å². The Labute approximate surface area is 179 Å². The maximum absolute atomic E-state index is 12.1. The number of carbonyl (C=O) groups is 3. The number of hydrogen-bond donors (Lipinski definition) is 4. The summed E-state index contributed by atoms with van der Waals surface area (Å²) in [6.07, 6.45) is 3.38. The van der Waals surface area contributed by atoms with Gasteiger partial charge in [-0.2, -0.15) is 0 Å². The molecule has 1 aromatic carbocycles. The van der Waals surface area contributed by atoms with E-state index in [1.54, 1.807) is 24.4 Å². The number of aromatic nitrogens is 1. The normalized spacial score (nSPS) is 16.4. The number of carboxylic acid groups (broad SMARTS) is 2. The van der Waals surface area contributed by atoms with Gasteiger partial charge in [0.1, 0.15) is 6.04 Å². The van der Waals surface area contributed by atoms with Crippen LogP contribution in [0.5, 0.6) is 0 Å². The monoisotopic (exact) mass is 426 g/mol. The second-order valence-electron chi connectivity index (χ2n) is 7.68. The van der Waals surface area contributed by atoms with Gasteiger partial charge in [-0.25, -0.2) is 4.79 Å². The third kappa shape index (κ3) is 5.59. The number of carboxylic acids is 2. The Morgan fingerprint density at radius 1 is 1.19 bits per heavy atom. The van der Waals surface area contributed by atoms with Crippen LogP contribution in [-0.2, 0) is 14.4 Å². The first-order chi connectivity index (χ1) is 14.7. The predicted molar refractivity (Wildman–Crippen MR) is 117 cm³/mol. The number of carbonyl (C=O) groups excluding carboxylic acids is 1. The Kier molecular flexibility index (Phi) is 6.88. The summed E-state index contributed by atoms with van der Waals surface area (Å²) in [6.45, 7) is 9.57. The highest BCUT2D eigenvalue weighted by Gasteiger charge is 2.32. The number of piperazine rings is 1. The number of fused-ring (bicyclic) bond motifs is 1. The lowest BCUT2D eigenvalue weighted by molar-refractivity contribution is -0.144. The molecular formula is C22H26N4O5. The van der Waals surface area contributed by atoms with Crippen LogP contribution in [0.3, 0.4) is 0 Å². The van der Waals surface area contributed by atoms with E-state index in [0.29, 0.717) is 29.9 Å². The molecule has 0 saturated carbocycles. The molecule has 3 rings (SSSR count). The third-order valence-electron chi connectivity index (χ3n) is 5.15. The Hall–Kier alpha value is -3.43. The highest BCUT2D eigenvalue weighted by molar-refractivity contribution is 6.03. The van der Waals surface area contributed by atoms with Crippen molar-refractivity contribution in [2.75, 3.05) is 38.0 Å². The fourth-order valence-corrected chi connectivity index (χ4v) is 3.83. The van der Waals surface area contributed by atoms with Crippen LogP contribution in [-0.4, -0.2) is 75.6 Å². The van der Waals surface area contributed by atoms with E-state index in [-0.39, 0.29) is 0 Å². The lowest BCUT2D eigenvalue weighted by atomic mass is 10.0. The molecule has 0 unspecified atom stereocenters. The Bertz CT molecular complexity index is 1030. The van der Waals surface area contributed by atoms with Crippen molar-refractivity contribution in [3.63, 3.8) is 0 Å². The van der Waals surface area contributed by atoms with Crippen molar-refractivity contribution < 1.29 is 24.6 Å². The first-order valence-electron chi connectivity index (χ1n) is 9.91. The number of anilines is 1. The van der Waals surface area contributed by atoms with Gasteiger partial charge in [-0.1, -0.05) is 18.2 Å². The average Bonchev–Trinajstić information content (AvgIpc) is 3.10. The number of H-pyrrole nitrogens is 1. The summed E-state index contributed by atoms with van der Waals surface area (Å²) >= 11 is 0. The van der Waals surface area contributed by atoms with Gasteiger partial charge in [0.05, 0.1) is 0 Å². The van der Waals surface area contributed by atoms with Gasteiger partial charge in [-0.05, 0) is 19.1 Å². The van der Waals surface area contributed by atoms with Crippen LogP contribution >= 0.6 is 0 Å². The van der Waals surface area contributed by atoms with Crippen LogP contribution in [0.25, 0.3) is 10.9 Å². The fourth-order valence-electron chi connectivity index (χ4n) is 3.83. The summed E-state index contributed by atoms with van der Waals surface area (Å²) < 4.78 is 0. The quantitative estimate of drug-likeness (QED) is 0.376. The summed E-state index contributed by atoms with van der Waals surface area (Å²) in [5.41, 5.74) is 2.91. The van der Waals surface area contributed by atoms with Crippen molar-refractivity contribution in [3.8, 4) is 0 Å². The average molecular weight is 426 g/mol. The topological polar surface area (TPSA) is 126 Å². The Morgan fingerprint density at radius 3 is 2.52 bits per heavy atom. The smallest absolute Gasteiger partial charge is 0.328 e. The molecular weight excluding hydrogens is 400 g/mol. The Morgan fingerprint density at radius 2 is 1.90 bits per heavy atom. The molecule has 9 nitrogen and oxygen atoms in total. The molecule has 2 heterocycles. The minimum Gasteiger partial charge on any atom is -0.480 e. The summed E-state index contributed by atoms with van der Waals surface area (Å²) in [5.74, 6) is -2.69. The number of aromatic amines is 1. The number of nitrogens with zero attached hydrogens (tertiary/aromatic N) is 2. The van der Waals surface area contributed by atoms with Crippen LogP contribution in [0.4, 0.5) is 5.69 Å². The first kappa shape index (κ1) is 22.3. The van der Waals surface area contributed by atoms with Gasteiger partial charge in [0.25, 0.3) is 0 Å². The molecule has 0 aliphatic carbocycles. The second kappa shape index (κ2) is 9.59. The Balaban J connectivity index is 1.77. The molecule has 31 heavy (non-hydrogen) atoms. The minimum absolute atomic E-state index is 0.473. The molecule has 1 aliphatic rings. The van der Waals surface area contributed by atoms with E-state index >= 15 is 0 Å². The van der Waals surface area contributed by atoms with Gasteiger partial charge in [-0.3, -0.25) is 19.4 Å². The summed E-state index contributed by atoms with van der Waals surface area (Å²) in [6, 6.07) is 4.33. The van der Waals surface area contributed by atoms with Gasteiger partial charge >= 0.3 is 11.9 Å². The van der Waals surface area contributed by atoms with E-state index in [9.17, 15) is 19.5 Å². The van der Waals surface area contributed by atoms with Crippen LogP contribution in [0.1, 0.15) is 18.5 Å². The third-order valence-corrected chi connectivity index (χ3v) is 5.15. The largest absolute Gasteiger partial charge is 0.480 e. The predicted octanol–water partition coefficient (Wildman–Crippen LogP) is 2.07. The molecule has 1 atom stereocenters. The highest BCUT2D eigenvalue weighted by Crippen LogP contribution is 2.31. The van der Waals surface area contributed by atoms with Gasteiger partial charge in [-0.15, -0.1) is 0 Å². The molecule has 0 spiro atoms. The number of rotatable bonds is 8. The number of amides is 1. The van der Waals surface area contributed by atoms with E-state index < -0.39 is 23.9 Å². The van der Waals surface area contributed by atoms with Crippen LogP contribution < -0.4 is 5.32 Å². The highest BCUT2D eigenvalue weighted by atomic mass is 16.4. The molecule has 9 heteroatoms. The SMILES string of the molecule is C=C(C)CN1CCN([C@@H](C(=O)O)c2c[nH]c3cc(NC(=O)/C=C/C(=O)O)ccc23)CC1. The second-order valence-corrected chi connectivity index (χ2v) is 7.68. The maximum atomic E-state index is 12.1. The standard InChI is InChI=1S/C22H26N4O5/c1-14(2)13-25-7-9-26(10-8-25)21(22(30)31)17-12-23-18-11-15(3-4-16(17)18)24-19(27)5-6-20(28)29/h3-6,11-12,21,23H,1,7-10,13H2,2H3,(H,24,27)(H,28,29)(H,30,31)/b6-5+/t21-/m1/s1. The van der Waals surface area contributed by atoms with Crippen molar-refractivity contribution in [3.05, 3.63) is 54.3 Å².